The summed E-state index contributed by atoms with van der Waals surface area (Å²) in [6, 6.07) is 3.54. The van der Waals surface area contributed by atoms with Crippen molar-refractivity contribution in [3.63, 3.8) is 0 Å². The number of nitrogens with zero attached hydrogens (tertiary/aromatic N) is 3. The predicted octanol–water partition coefficient (Wildman–Crippen LogP) is 0.848. The first-order chi connectivity index (χ1) is 9.58. The van der Waals surface area contributed by atoms with Gasteiger partial charge in [-0.25, -0.2) is 9.78 Å². The number of rotatable bonds is 3. The molecular weight excluding hydrogens is 258 g/mol. The van der Waals surface area contributed by atoms with Gasteiger partial charge in [0.05, 0.1) is 6.54 Å². The van der Waals surface area contributed by atoms with Crippen LogP contribution in [0.3, 0.4) is 0 Å². The van der Waals surface area contributed by atoms with Crippen molar-refractivity contribution in [1.82, 2.24) is 9.88 Å². The average Bonchev–Trinajstić information content (AvgIpc) is 2.59. The summed E-state index contributed by atoms with van der Waals surface area (Å²) in [6.07, 6.45) is 5.09. The summed E-state index contributed by atoms with van der Waals surface area (Å²) in [4.78, 5) is 30.4. The first kappa shape index (κ1) is 14.0. The number of hydrogen-bond acceptors (Lipinski definition) is 4. The van der Waals surface area contributed by atoms with E-state index in [-0.39, 0.29) is 12.5 Å². The van der Waals surface area contributed by atoms with Crippen LogP contribution in [0.4, 0.5) is 5.82 Å². The molecule has 0 aromatic carbocycles. The van der Waals surface area contributed by atoms with E-state index in [2.05, 4.69) is 4.98 Å². The second-order valence-electron chi connectivity index (χ2n) is 4.68. The first-order valence-corrected chi connectivity index (χ1v) is 6.43. The molecule has 0 radical (unpaired) electrons. The zero-order valence-electron chi connectivity index (χ0n) is 11.3. The Kier molecular flexibility index (Phi) is 4.34. The molecular formula is C14H17N3O3. The molecule has 1 aromatic rings. The van der Waals surface area contributed by atoms with Crippen molar-refractivity contribution in [2.75, 3.05) is 31.6 Å². The molecule has 1 N–H and O–H groups in total. The van der Waals surface area contributed by atoms with Crippen LogP contribution in [-0.2, 0) is 9.59 Å². The Hall–Kier alpha value is -2.37. The minimum Gasteiger partial charge on any atom is -0.478 e. The molecule has 6 nitrogen and oxygen atoms in total. The quantitative estimate of drug-likeness (QED) is 0.828. The molecule has 2 rings (SSSR count). The zero-order valence-corrected chi connectivity index (χ0v) is 11.3. The van der Waals surface area contributed by atoms with Crippen LogP contribution in [0.1, 0.15) is 12.0 Å². The Morgan fingerprint density at radius 3 is 3.00 bits per heavy atom. The Labute approximate surface area is 117 Å². The van der Waals surface area contributed by atoms with Crippen LogP contribution in [0, 0.1) is 0 Å². The molecule has 0 aliphatic carbocycles. The standard InChI is InChI=1S/C14H17N3O3/c1-16-8-3-9-17(10-12(16)18)14-11(4-2-7-15-14)5-6-13(19)20/h2,4-7H,3,8-10H2,1H3,(H,19,20)/b6-5+. The van der Waals surface area contributed by atoms with E-state index in [1.165, 1.54) is 6.08 Å². The molecule has 2 heterocycles. The fourth-order valence-electron chi connectivity index (χ4n) is 2.13. The Morgan fingerprint density at radius 1 is 1.45 bits per heavy atom. The molecule has 1 aliphatic heterocycles. The van der Waals surface area contributed by atoms with Gasteiger partial charge >= 0.3 is 5.97 Å². The summed E-state index contributed by atoms with van der Waals surface area (Å²) < 4.78 is 0. The first-order valence-electron chi connectivity index (χ1n) is 6.43. The van der Waals surface area contributed by atoms with Gasteiger partial charge in [-0.2, -0.15) is 0 Å². The molecule has 106 valence electrons. The third kappa shape index (κ3) is 3.34. The summed E-state index contributed by atoms with van der Waals surface area (Å²) in [6.45, 7) is 1.71. The number of likely N-dealkylation sites (N-methyl/N-ethyl adjacent to an activating group) is 1. The zero-order chi connectivity index (χ0) is 14.5. The molecule has 1 amide bonds. The van der Waals surface area contributed by atoms with E-state index in [1.807, 2.05) is 4.90 Å². The van der Waals surface area contributed by atoms with E-state index >= 15 is 0 Å². The van der Waals surface area contributed by atoms with Crippen molar-refractivity contribution in [1.29, 1.82) is 0 Å². The van der Waals surface area contributed by atoms with Crippen molar-refractivity contribution in [3.05, 3.63) is 30.0 Å². The number of carboxylic acids is 1. The van der Waals surface area contributed by atoms with Gasteiger partial charge in [0.2, 0.25) is 5.91 Å². The number of aromatic nitrogens is 1. The van der Waals surface area contributed by atoms with E-state index in [0.29, 0.717) is 11.4 Å². The fourth-order valence-corrected chi connectivity index (χ4v) is 2.13. The second-order valence-corrected chi connectivity index (χ2v) is 4.68. The topological polar surface area (TPSA) is 73.7 Å². The Morgan fingerprint density at radius 2 is 2.25 bits per heavy atom. The number of carbonyl (C=O) groups is 2. The van der Waals surface area contributed by atoms with Crippen LogP contribution in [0.2, 0.25) is 0 Å². The maximum atomic E-state index is 11.9. The van der Waals surface area contributed by atoms with E-state index < -0.39 is 5.97 Å². The number of pyridine rings is 1. The van der Waals surface area contributed by atoms with Gasteiger partial charge in [-0.15, -0.1) is 0 Å². The summed E-state index contributed by atoms with van der Waals surface area (Å²) in [7, 11) is 1.79. The van der Waals surface area contributed by atoms with E-state index in [0.717, 1.165) is 25.6 Å². The monoisotopic (exact) mass is 275 g/mol. The average molecular weight is 275 g/mol. The van der Waals surface area contributed by atoms with Gasteiger partial charge in [0.15, 0.2) is 0 Å². The van der Waals surface area contributed by atoms with E-state index in [1.54, 1.807) is 30.3 Å². The molecule has 1 aromatic heterocycles. The smallest absolute Gasteiger partial charge is 0.328 e. The second kappa shape index (κ2) is 6.18. The van der Waals surface area contributed by atoms with E-state index in [4.69, 9.17) is 5.11 Å². The number of carbonyl (C=O) groups excluding carboxylic acids is 1. The highest BCUT2D eigenvalue weighted by Gasteiger charge is 2.21. The van der Waals surface area contributed by atoms with Gasteiger partial charge in [0.1, 0.15) is 5.82 Å². The lowest BCUT2D eigenvalue weighted by Gasteiger charge is -2.22. The number of hydrogen-bond donors (Lipinski definition) is 1. The molecule has 0 atom stereocenters. The highest BCUT2D eigenvalue weighted by molar-refractivity contribution is 5.87. The molecule has 6 heteroatoms. The van der Waals surface area contributed by atoms with Crippen molar-refractivity contribution in [2.24, 2.45) is 0 Å². The van der Waals surface area contributed by atoms with Crippen LogP contribution >= 0.6 is 0 Å². The minimum atomic E-state index is -1.01. The van der Waals surface area contributed by atoms with Crippen molar-refractivity contribution in [2.45, 2.75) is 6.42 Å². The van der Waals surface area contributed by atoms with Crippen molar-refractivity contribution < 1.29 is 14.7 Å². The molecule has 20 heavy (non-hydrogen) atoms. The van der Waals surface area contributed by atoms with Gasteiger partial charge in [0, 0.05) is 38.0 Å². The van der Waals surface area contributed by atoms with Gasteiger partial charge in [-0.05, 0) is 24.6 Å². The summed E-state index contributed by atoms with van der Waals surface area (Å²) in [5, 5.41) is 8.72. The van der Waals surface area contributed by atoms with E-state index in [9.17, 15) is 9.59 Å². The van der Waals surface area contributed by atoms with Crippen LogP contribution < -0.4 is 4.90 Å². The van der Waals surface area contributed by atoms with Crippen LogP contribution in [0.15, 0.2) is 24.4 Å². The highest BCUT2D eigenvalue weighted by Crippen LogP contribution is 2.20. The lowest BCUT2D eigenvalue weighted by molar-refractivity contribution is -0.131. The molecule has 1 aliphatic rings. The van der Waals surface area contributed by atoms with Crippen LogP contribution in [0.5, 0.6) is 0 Å². The Bertz CT molecular complexity index is 542. The van der Waals surface area contributed by atoms with Gasteiger partial charge in [-0.3, -0.25) is 4.79 Å². The van der Waals surface area contributed by atoms with Crippen LogP contribution in [0.25, 0.3) is 6.08 Å². The number of amides is 1. The number of carboxylic acid groups (broad SMARTS) is 1. The normalized spacial score (nSPS) is 16.6. The molecule has 0 unspecified atom stereocenters. The predicted molar refractivity (Wildman–Crippen MR) is 75.4 cm³/mol. The summed E-state index contributed by atoms with van der Waals surface area (Å²) in [5.41, 5.74) is 0.701. The largest absolute Gasteiger partial charge is 0.478 e. The fraction of sp³-hybridized carbons (Fsp3) is 0.357. The molecule has 1 fully saturated rings. The molecule has 0 spiro atoms. The summed E-state index contributed by atoms with van der Waals surface area (Å²) >= 11 is 0. The molecule has 0 bridgehead atoms. The number of anilines is 1. The highest BCUT2D eigenvalue weighted by atomic mass is 16.4. The SMILES string of the molecule is CN1CCCN(c2ncccc2/C=C/C(=O)O)CC1=O. The molecule has 0 saturated carbocycles. The maximum absolute atomic E-state index is 11.9. The van der Waals surface area contributed by atoms with Crippen molar-refractivity contribution >= 4 is 23.8 Å². The lowest BCUT2D eigenvalue weighted by atomic mass is 10.2. The third-order valence-corrected chi connectivity index (χ3v) is 3.20. The van der Waals surface area contributed by atoms with Crippen molar-refractivity contribution in [3.8, 4) is 0 Å². The van der Waals surface area contributed by atoms with Gasteiger partial charge in [-0.1, -0.05) is 0 Å². The minimum absolute atomic E-state index is 0.0429. The lowest BCUT2D eigenvalue weighted by Crippen LogP contribution is -2.35. The van der Waals surface area contributed by atoms with Crippen LogP contribution in [-0.4, -0.2) is 53.5 Å². The third-order valence-electron chi connectivity index (χ3n) is 3.20. The Balaban J connectivity index is 2.27. The van der Waals surface area contributed by atoms with Gasteiger partial charge in [0.25, 0.3) is 0 Å². The summed E-state index contributed by atoms with van der Waals surface area (Å²) in [5.74, 6) is -0.318. The number of aliphatic carboxylic acids is 1. The van der Waals surface area contributed by atoms with Gasteiger partial charge < -0.3 is 14.9 Å². The molecule has 1 saturated heterocycles. The maximum Gasteiger partial charge on any atom is 0.328 e.